The molecule has 2 aromatic carbocycles. The first-order valence-corrected chi connectivity index (χ1v) is 9.14. The van der Waals surface area contributed by atoms with E-state index in [4.69, 9.17) is 0 Å². The Balaban J connectivity index is 2.21. The van der Waals surface area contributed by atoms with Crippen LogP contribution >= 0.6 is 0 Å². The second-order valence-electron chi connectivity index (χ2n) is 6.51. The third kappa shape index (κ3) is 3.43. The van der Waals surface area contributed by atoms with E-state index in [0.717, 1.165) is 33.4 Å². The van der Waals surface area contributed by atoms with Crippen molar-refractivity contribution < 1.29 is 4.79 Å². The van der Waals surface area contributed by atoms with Crippen molar-refractivity contribution in [3.05, 3.63) is 82.2 Å². The molecule has 0 radical (unpaired) electrons. The van der Waals surface area contributed by atoms with Gasteiger partial charge in [0.25, 0.3) is 5.56 Å². The highest BCUT2D eigenvalue weighted by molar-refractivity contribution is 6.06. The van der Waals surface area contributed by atoms with E-state index in [1.165, 1.54) is 0 Å². The number of rotatable bonds is 4. The molecule has 1 heterocycles. The number of aromatic nitrogens is 1. The second kappa shape index (κ2) is 7.62. The van der Waals surface area contributed by atoms with Crippen LogP contribution in [0.5, 0.6) is 0 Å². The molecule has 0 bridgehead atoms. The van der Waals surface area contributed by atoms with Crippen LogP contribution in [-0.2, 0) is 11.3 Å². The number of anilines is 1. The van der Waals surface area contributed by atoms with Gasteiger partial charge in [0.2, 0.25) is 5.91 Å². The monoisotopic (exact) mass is 360 g/mol. The summed E-state index contributed by atoms with van der Waals surface area (Å²) in [6.45, 7) is 7.99. The minimum absolute atomic E-state index is 0.00268. The van der Waals surface area contributed by atoms with Gasteiger partial charge in [0.1, 0.15) is 0 Å². The number of hydrogen-bond acceptors (Lipinski definition) is 2. The van der Waals surface area contributed by atoms with Crippen LogP contribution in [0.15, 0.2) is 65.5 Å². The van der Waals surface area contributed by atoms with Gasteiger partial charge in [0.05, 0.1) is 11.2 Å². The summed E-state index contributed by atoms with van der Waals surface area (Å²) in [6.07, 6.45) is 1.95. The lowest BCUT2D eigenvalue weighted by Crippen LogP contribution is -2.27. The number of fused-ring (bicyclic) bond motifs is 1. The second-order valence-corrected chi connectivity index (χ2v) is 6.51. The number of aryl methyl sites for hydroxylation is 2. The Morgan fingerprint density at radius 3 is 2.41 bits per heavy atom. The normalized spacial score (nSPS) is 11.6. The fourth-order valence-electron chi connectivity index (χ4n) is 3.52. The van der Waals surface area contributed by atoms with Gasteiger partial charge >= 0.3 is 0 Å². The zero-order valence-corrected chi connectivity index (χ0v) is 16.2. The molecule has 27 heavy (non-hydrogen) atoms. The highest BCUT2D eigenvalue weighted by Crippen LogP contribution is 2.30. The van der Waals surface area contributed by atoms with Gasteiger partial charge < -0.3 is 4.57 Å². The summed E-state index contributed by atoms with van der Waals surface area (Å²) < 4.78 is 1.75. The molecule has 0 saturated heterocycles. The van der Waals surface area contributed by atoms with Crippen molar-refractivity contribution in [3.63, 3.8) is 0 Å². The molecule has 0 atom stereocenters. The number of carbonyl (C=O) groups is 1. The van der Waals surface area contributed by atoms with Crippen LogP contribution in [-0.4, -0.2) is 10.5 Å². The predicted molar refractivity (Wildman–Crippen MR) is 112 cm³/mol. The molecule has 0 unspecified atom stereocenters. The summed E-state index contributed by atoms with van der Waals surface area (Å²) in [4.78, 5) is 26.5. The van der Waals surface area contributed by atoms with E-state index in [0.29, 0.717) is 6.54 Å². The summed E-state index contributed by atoms with van der Waals surface area (Å²) in [7, 11) is 0. The first kappa shape index (κ1) is 18.6. The molecule has 0 saturated carbocycles. The first-order valence-electron chi connectivity index (χ1n) is 9.14. The molecule has 0 aliphatic heterocycles. The predicted octanol–water partition coefficient (Wildman–Crippen LogP) is 4.74. The van der Waals surface area contributed by atoms with Crippen molar-refractivity contribution in [1.82, 2.24) is 4.57 Å². The van der Waals surface area contributed by atoms with Gasteiger partial charge in [-0.25, -0.2) is 0 Å². The molecule has 138 valence electrons. The third-order valence-corrected chi connectivity index (χ3v) is 4.77. The van der Waals surface area contributed by atoms with Crippen LogP contribution in [0, 0.1) is 6.92 Å². The third-order valence-electron chi connectivity index (χ3n) is 4.77. The van der Waals surface area contributed by atoms with Crippen molar-refractivity contribution in [1.29, 1.82) is 0 Å². The summed E-state index contributed by atoms with van der Waals surface area (Å²) >= 11 is 0. The molecule has 4 heteroatoms. The number of amides is 1. The Kier molecular flexibility index (Phi) is 5.26. The number of hydrogen-bond donors (Lipinski definition) is 0. The van der Waals surface area contributed by atoms with Crippen LogP contribution in [0.2, 0.25) is 0 Å². The molecule has 3 aromatic rings. The lowest BCUT2D eigenvalue weighted by molar-refractivity contribution is -0.115. The Labute approximate surface area is 159 Å². The highest BCUT2D eigenvalue weighted by atomic mass is 16.2. The zero-order valence-electron chi connectivity index (χ0n) is 16.2. The summed E-state index contributed by atoms with van der Waals surface area (Å²) in [5.74, 6) is -0.0623. The average Bonchev–Trinajstić information content (AvgIpc) is 2.66. The Bertz CT molecular complexity index is 1080. The average molecular weight is 360 g/mol. The van der Waals surface area contributed by atoms with Crippen molar-refractivity contribution in [2.45, 2.75) is 34.2 Å². The van der Waals surface area contributed by atoms with Gasteiger partial charge in [-0.1, -0.05) is 36.4 Å². The number of pyridine rings is 1. The van der Waals surface area contributed by atoms with Crippen LogP contribution in [0.1, 0.15) is 31.9 Å². The lowest BCUT2D eigenvalue weighted by Gasteiger charge is -2.25. The number of allylic oxidation sites excluding steroid dienone is 1. The van der Waals surface area contributed by atoms with Crippen LogP contribution in [0.4, 0.5) is 5.69 Å². The van der Waals surface area contributed by atoms with Crippen molar-refractivity contribution in [2.75, 3.05) is 4.90 Å². The topological polar surface area (TPSA) is 42.3 Å². The first-order chi connectivity index (χ1) is 13.0. The molecule has 3 rings (SSSR count). The van der Waals surface area contributed by atoms with Crippen LogP contribution < -0.4 is 10.5 Å². The Morgan fingerprint density at radius 1 is 1.11 bits per heavy atom. The summed E-state index contributed by atoms with van der Waals surface area (Å²) in [6, 6.07) is 17.3. The molecule has 0 aliphatic rings. The molecular formula is C23H24N2O2. The van der Waals surface area contributed by atoms with Gasteiger partial charge in [-0.15, -0.1) is 0 Å². The summed E-state index contributed by atoms with van der Waals surface area (Å²) in [5, 5.41) is 0.976. The van der Waals surface area contributed by atoms with Gasteiger partial charge in [-0.05, 0) is 50.1 Å². The van der Waals surface area contributed by atoms with Gasteiger partial charge in [-0.3, -0.25) is 14.5 Å². The maximum absolute atomic E-state index is 12.5. The van der Waals surface area contributed by atoms with E-state index in [1.807, 2.05) is 75.4 Å². The van der Waals surface area contributed by atoms with Crippen LogP contribution in [0.3, 0.4) is 0 Å². The molecule has 4 nitrogen and oxygen atoms in total. The number of nitrogens with zero attached hydrogens (tertiary/aromatic N) is 2. The SMILES string of the molecule is C/C=C(/c1ccccc1)N(C(C)=O)c1ccc2c(c1)c(C)cc(=O)n2CC. The molecular weight excluding hydrogens is 336 g/mol. The Hall–Kier alpha value is -3.14. The number of carbonyl (C=O) groups excluding carboxylic acids is 1. The molecule has 0 spiro atoms. The van der Waals surface area contributed by atoms with Crippen LogP contribution in [0.25, 0.3) is 16.6 Å². The minimum atomic E-state index is -0.0623. The van der Waals surface area contributed by atoms with E-state index >= 15 is 0 Å². The fraction of sp³-hybridized carbons (Fsp3) is 0.217. The van der Waals surface area contributed by atoms with Gasteiger partial charge in [-0.2, -0.15) is 0 Å². The fourth-order valence-corrected chi connectivity index (χ4v) is 3.52. The quantitative estimate of drug-likeness (QED) is 0.674. The minimum Gasteiger partial charge on any atom is -0.309 e. The largest absolute Gasteiger partial charge is 0.309 e. The smallest absolute Gasteiger partial charge is 0.251 e. The summed E-state index contributed by atoms with van der Waals surface area (Å²) in [5.41, 5.74) is 4.39. The van der Waals surface area contributed by atoms with E-state index in [-0.39, 0.29) is 11.5 Å². The number of benzene rings is 2. The maximum Gasteiger partial charge on any atom is 0.251 e. The molecule has 0 aliphatic carbocycles. The molecule has 0 N–H and O–H groups in total. The van der Waals surface area contributed by atoms with Crippen molar-refractivity contribution >= 4 is 28.2 Å². The molecule has 1 aromatic heterocycles. The van der Waals surface area contributed by atoms with Gasteiger partial charge in [0, 0.05) is 30.6 Å². The van der Waals surface area contributed by atoms with Crippen molar-refractivity contribution in [3.8, 4) is 0 Å². The van der Waals surface area contributed by atoms with E-state index in [1.54, 1.807) is 22.5 Å². The lowest BCUT2D eigenvalue weighted by atomic mass is 10.1. The van der Waals surface area contributed by atoms with E-state index < -0.39 is 0 Å². The highest BCUT2D eigenvalue weighted by Gasteiger charge is 2.19. The zero-order chi connectivity index (χ0) is 19.6. The van der Waals surface area contributed by atoms with E-state index in [2.05, 4.69) is 0 Å². The standard InChI is InChI=1S/C23H24N2O2/c1-5-21(18-10-8-7-9-11-18)25(17(4)26)19-12-13-22-20(15-19)16(3)14-23(27)24(22)6-2/h5,7-15H,6H2,1-4H3/b21-5-. The maximum atomic E-state index is 12.5. The van der Waals surface area contributed by atoms with E-state index in [9.17, 15) is 9.59 Å². The van der Waals surface area contributed by atoms with Gasteiger partial charge in [0.15, 0.2) is 0 Å². The molecule has 0 fully saturated rings. The molecule has 1 amide bonds. The van der Waals surface area contributed by atoms with Crippen molar-refractivity contribution in [2.24, 2.45) is 0 Å². The Morgan fingerprint density at radius 2 is 1.81 bits per heavy atom.